The van der Waals surface area contributed by atoms with Crippen LogP contribution in [0.3, 0.4) is 0 Å². The molecule has 3 N–H and O–H groups in total. The maximum Gasteiger partial charge on any atom is 0.238 e. The average molecular weight is 249 g/mol. The summed E-state index contributed by atoms with van der Waals surface area (Å²) in [6.07, 6.45) is 2.11. The Bertz CT molecular complexity index is 388. The van der Waals surface area contributed by atoms with Gasteiger partial charge in [0.25, 0.3) is 0 Å². The summed E-state index contributed by atoms with van der Waals surface area (Å²) in [5.41, 5.74) is 7.07. The first kappa shape index (κ1) is 14.5. The van der Waals surface area contributed by atoms with Crippen LogP contribution in [0.25, 0.3) is 0 Å². The summed E-state index contributed by atoms with van der Waals surface area (Å²) in [5, 5.41) is 2.86. The summed E-state index contributed by atoms with van der Waals surface area (Å²) in [7, 11) is 1.98. The number of nitrogens with one attached hydrogen (secondary N) is 1. The van der Waals surface area contributed by atoms with Crippen molar-refractivity contribution in [3.63, 3.8) is 0 Å². The first-order valence-electron chi connectivity index (χ1n) is 6.42. The van der Waals surface area contributed by atoms with Gasteiger partial charge in [0.15, 0.2) is 0 Å². The Kier molecular flexibility index (Phi) is 5.65. The summed E-state index contributed by atoms with van der Waals surface area (Å²) in [6, 6.07) is 7.68. The zero-order valence-electron chi connectivity index (χ0n) is 11.4. The maximum atomic E-state index is 11.9. The summed E-state index contributed by atoms with van der Waals surface area (Å²) in [6.45, 7) is 4.68. The minimum Gasteiger partial charge on any atom is -0.399 e. The Morgan fingerprint density at radius 2 is 2.06 bits per heavy atom. The van der Waals surface area contributed by atoms with Gasteiger partial charge in [0.1, 0.15) is 0 Å². The molecule has 0 aliphatic heterocycles. The highest BCUT2D eigenvalue weighted by molar-refractivity contribution is 5.92. The van der Waals surface area contributed by atoms with Gasteiger partial charge in [0.05, 0.1) is 6.54 Å². The first-order chi connectivity index (χ1) is 8.56. The number of amides is 1. The third-order valence-corrected chi connectivity index (χ3v) is 3.13. The zero-order chi connectivity index (χ0) is 13.5. The highest BCUT2D eigenvalue weighted by Gasteiger charge is 2.13. The third-order valence-electron chi connectivity index (χ3n) is 3.13. The molecule has 0 bridgehead atoms. The third kappa shape index (κ3) is 4.37. The van der Waals surface area contributed by atoms with Crippen LogP contribution < -0.4 is 11.1 Å². The second-order valence-corrected chi connectivity index (χ2v) is 4.56. The lowest BCUT2D eigenvalue weighted by Gasteiger charge is -2.25. The molecule has 0 spiro atoms. The molecule has 100 valence electrons. The van der Waals surface area contributed by atoms with Crippen LogP contribution in [0, 0.1) is 0 Å². The lowest BCUT2D eigenvalue weighted by atomic mass is 10.1. The molecule has 0 unspecified atom stereocenters. The van der Waals surface area contributed by atoms with Crippen LogP contribution in [0.2, 0.25) is 0 Å². The topological polar surface area (TPSA) is 58.4 Å². The number of nitrogens with zero attached hydrogens (tertiary/aromatic N) is 1. The number of carbonyl (C=O) groups is 1. The van der Waals surface area contributed by atoms with Crippen molar-refractivity contribution < 1.29 is 4.79 Å². The van der Waals surface area contributed by atoms with E-state index in [4.69, 9.17) is 5.73 Å². The molecule has 0 saturated heterocycles. The quantitative estimate of drug-likeness (QED) is 0.761. The van der Waals surface area contributed by atoms with Crippen LogP contribution in [0.4, 0.5) is 11.4 Å². The molecule has 1 aromatic rings. The summed E-state index contributed by atoms with van der Waals surface area (Å²) >= 11 is 0. The zero-order valence-corrected chi connectivity index (χ0v) is 11.4. The highest BCUT2D eigenvalue weighted by atomic mass is 16.2. The number of nitrogens with two attached hydrogens (primary N) is 1. The fourth-order valence-electron chi connectivity index (χ4n) is 2.08. The minimum atomic E-state index is -0.00463. The molecule has 18 heavy (non-hydrogen) atoms. The highest BCUT2D eigenvalue weighted by Crippen LogP contribution is 2.12. The molecule has 0 aliphatic carbocycles. The van der Waals surface area contributed by atoms with Gasteiger partial charge in [-0.3, -0.25) is 9.69 Å². The predicted molar refractivity (Wildman–Crippen MR) is 76.5 cm³/mol. The molecule has 0 fully saturated rings. The van der Waals surface area contributed by atoms with Crippen molar-refractivity contribution in [1.29, 1.82) is 0 Å². The van der Waals surface area contributed by atoms with Crippen molar-refractivity contribution in [1.82, 2.24) is 4.90 Å². The van der Waals surface area contributed by atoms with E-state index in [1.165, 1.54) is 0 Å². The molecule has 4 nitrogen and oxygen atoms in total. The number of likely N-dealkylation sites (N-methyl/N-ethyl adjacent to an activating group) is 1. The standard InChI is InChI=1S/C14H23N3O/c1-4-13(5-2)17(3)10-14(18)16-12-8-6-7-11(15)9-12/h6-9,13H,4-5,10,15H2,1-3H3,(H,16,18). The number of benzene rings is 1. The Morgan fingerprint density at radius 1 is 1.39 bits per heavy atom. The Hall–Kier alpha value is -1.55. The number of rotatable bonds is 6. The normalized spacial score (nSPS) is 10.9. The SMILES string of the molecule is CCC(CC)N(C)CC(=O)Nc1cccc(N)c1. The van der Waals surface area contributed by atoms with Crippen molar-refractivity contribution >= 4 is 17.3 Å². The lowest BCUT2D eigenvalue weighted by Crippen LogP contribution is -2.37. The number of nitrogen functional groups attached to an aromatic ring is 1. The van der Waals surface area contributed by atoms with Crippen molar-refractivity contribution in [3.05, 3.63) is 24.3 Å². The van der Waals surface area contributed by atoms with Gasteiger partial charge in [0.2, 0.25) is 5.91 Å². The van der Waals surface area contributed by atoms with E-state index >= 15 is 0 Å². The molecule has 0 aliphatic rings. The van der Waals surface area contributed by atoms with Crippen LogP contribution in [0.15, 0.2) is 24.3 Å². The van der Waals surface area contributed by atoms with Gasteiger partial charge in [-0.25, -0.2) is 0 Å². The minimum absolute atomic E-state index is 0.00463. The van der Waals surface area contributed by atoms with Gasteiger partial charge in [-0.2, -0.15) is 0 Å². The van der Waals surface area contributed by atoms with E-state index in [1.54, 1.807) is 12.1 Å². The first-order valence-corrected chi connectivity index (χ1v) is 6.42. The molecular formula is C14H23N3O. The fourth-order valence-corrected chi connectivity index (χ4v) is 2.08. The number of hydrogen-bond acceptors (Lipinski definition) is 3. The molecule has 0 radical (unpaired) electrons. The van der Waals surface area contributed by atoms with E-state index in [9.17, 15) is 4.79 Å². The smallest absolute Gasteiger partial charge is 0.238 e. The van der Waals surface area contributed by atoms with Gasteiger partial charge >= 0.3 is 0 Å². The largest absolute Gasteiger partial charge is 0.399 e. The van der Waals surface area contributed by atoms with E-state index in [-0.39, 0.29) is 5.91 Å². The van der Waals surface area contributed by atoms with E-state index in [1.807, 2.05) is 19.2 Å². The Morgan fingerprint density at radius 3 is 2.61 bits per heavy atom. The second-order valence-electron chi connectivity index (χ2n) is 4.56. The molecule has 0 heterocycles. The van der Waals surface area contributed by atoms with E-state index in [2.05, 4.69) is 24.1 Å². The van der Waals surface area contributed by atoms with Crippen molar-refractivity contribution in [2.45, 2.75) is 32.7 Å². The average Bonchev–Trinajstić information content (AvgIpc) is 2.30. The van der Waals surface area contributed by atoms with Gasteiger partial charge in [-0.05, 0) is 38.1 Å². The Labute approximate surface area is 109 Å². The molecule has 0 atom stereocenters. The second kappa shape index (κ2) is 7.01. The van der Waals surface area contributed by atoms with Crippen molar-refractivity contribution in [3.8, 4) is 0 Å². The molecule has 0 aromatic heterocycles. The van der Waals surface area contributed by atoms with Crippen LogP contribution in [0.5, 0.6) is 0 Å². The molecule has 1 amide bonds. The molecule has 1 aromatic carbocycles. The van der Waals surface area contributed by atoms with Crippen LogP contribution >= 0.6 is 0 Å². The molecule has 4 heteroatoms. The molecular weight excluding hydrogens is 226 g/mol. The number of carbonyl (C=O) groups excluding carboxylic acids is 1. The lowest BCUT2D eigenvalue weighted by molar-refractivity contribution is -0.117. The van der Waals surface area contributed by atoms with Crippen molar-refractivity contribution in [2.75, 3.05) is 24.6 Å². The van der Waals surface area contributed by atoms with Crippen LogP contribution in [0.1, 0.15) is 26.7 Å². The summed E-state index contributed by atoms with van der Waals surface area (Å²) < 4.78 is 0. The fraction of sp³-hybridized carbons (Fsp3) is 0.500. The van der Waals surface area contributed by atoms with Gasteiger partial charge in [0, 0.05) is 17.4 Å². The number of hydrogen-bond donors (Lipinski definition) is 2. The summed E-state index contributed by atoms with van der Waals surface area (Å²) in [4.78, 5) is 14.0. The van der Waals surface area contributed by atoms with Crippen molar-refractivity contribution in [2.24, 2.45) is 0 Å². The molecule has 1 rings (SSSR count). The maximum absolute atomic E-state index is 11.9. The monoisotopic (exact) mass is 249 g/mol. The van der Waals surface area contributed by atoms with E-state index in [0.29, 0.717) is 18.3 Å². The Balaban J connectivity index is 2.51. The predicted octanol–water partition coefficient (Wildman–Crippen LogP) is 2.33. The molecule has 0 saturated carbocycles. The van der Waals surface area contributed by atoms with Gasteiger partial charge in [-0.15, -0.1) is 0 Å². The van der Waals surface area contributed by atoms with Crippen LogP contribution in [-0.2, 0) is 4.79 Å². The summed E-state index contributed by atoms with van der Waals surface area (Å²) in [5.74, 6) is -0.00463. The van der Waals surface area contributed by atoms with E-state index < -0.39 is 0 Å². The van der Waals surface area contributed by atoms with E-state index in [0.717, 1.165) is 18.5 Å². The van der Waals surface area contributed by atoms with Gasteiger partial charge < -0.3 is 11.1 Å². The number of anilines is 2. The van der Waals surface area contributed by atoms with Gasteiger partial charge in [-0.1, -0.05) is 19.9 Å². The van der Waals surface area contributed by atoms with Crippen LogP contribution in [-0.4, -0.2) is 30.4 Å².